The molecule has 2 atom stereocenters. The zero-order valence-electron chi connectivity index (χ0n) is 9.57. The quantitative estimate of drug-likeness (QED) is 0.681. The van der Waals surface area contributed by atoms with Crippen molar-refractivity contribution in [2.45, 2.75) is 38.6 Å². The van der Waals surface area contributed by atoms with Gasteiger partial charge in [0, 0.05) is 6.04 Å². The first kappa shape index (κ1) is 13.0. The molecule has 0 aromatic rings. The SMILES string of the molecule is CCOC(=O)C1CCCC(NCC(=O)O)C1. The summed E-state index contributed by atoms with van der Waals surface area (Å²) in [4.78, 5) is 21.9. The maximum Gasteiger partial charge on any atom is 0.317 e. The predicted molar refractivity (Wildman–Crippen MR) is 58.0 cm³/mol. The van der Waals surface area contributed by atoms with Crippen LogP contribution < -0.4 is 5.32 Å². The molecule has 5 nitrogen and oxygen atoms in total. The lowest BCUT2D eigenvalue weighted by molar-refractivity contribution is -0.149. The number of ether oxygens (including phenoxy) is 1. The Hall–Kier alpha value is -1.10. The minimum atomic E-state index is -0.863. The van der Waals surface area contributed by atoms with Crippen molar-refractivity contribution >= 4 is 11.9 Å². The van der Waals surface area contributed by atoms with Crippen molar-refractivity contribution in [3.63, 3.8) is 0 Å². The van der Waals surface area contributed by atoms with Crippen LogP contribution >= 0.6 is 0 Å². The zero-order chi connectivity index (χ0) is 12.0. The van der Waals surface area contributed by atoms with Crippen molar-refractivity contribution < 1.29 is 19.4 Å². The molecule has 2 unspecified atom stereocenters. The van der Waals surface area contributed by atoms with Crippen LogP contribution in [0.1, 0.15) is 32.6 Å². The van der Waals surface area contributed by atoms with Gasteiger partial charge < -0.3 is 15.2 Å². The Morgan fingerprint density at radius 1 is 1.44 bits per heavy atom. The molecule has 1 aliphatic rings. The third kappa shape index (κ3) is 4.18. The molecule has 16 heavy (non-hydrogen) atoms. The summed E-state index contributed by atoms with van der Waals surface area (Å²) in [6, 6.07) is 0.124. The largest absolute Gasteiger partial charge is 0.480 e. The molecule has 0 amide bonds. The van der Waals surface area contributed by atoms with Crippen molar-refractivity contribution in [1.29, 1.82) is 0 Å². The number of carboxylic acids is 1. The summed E-state index contributed by atoms with van der Waals surface area (Å²) in [7, 11) is 0. The van der Waals surface area contributed by atoms with E-state index in [1.165, 1.54) is 0 Å². The molecular weight excluding hydrogens is 210 g/mol. The molecule has 1 saturated carbocycles. The highest BCUT2D eigenvalue weighted by molar-refractivity contribution is 5.72. The minimum absolute atomic E-state index is 0.0415. The number of carbonyl (C=O) groups is 2. The van der Waals surface area contributed by atoms with Gasteiger partial charge in [0.15, 0.2) is 0 Å². The first-order valence-electron chi connectivity index (χ1n) is 5.75. The fraction of sp³-hybridized carbons (Fsp3) is 0.818. The van der Waals surface area contributed by atoms with E-state index in [0.717, 1.165) is 19.3 Å². The van der Waals surface area contributed by atoms with E-state index in [4.69, 9.17) is 9.84 Å². The van der Waals surface area contributed by atoms with Crippen molar-refractivity contribution in [2.75, 3.05) is 13.2 Å². The van der Waals surface area contributed by atoms with Crippen LogP contribution in [0.4, 0.5) is 0 Å². The molecule has 92 valence electrons. The van der Waals surface area contributed by atoms with E-state index in [1.807, 2.05) is 0 Å². The summed E-state index contributed by atoms with van der Waals surface area (Å²) in [6.07, 6.45) is 3.42. The highest BCUT2D eigenvalue weighted by Crippen LogP contribution is 2.25. The molecule has 0 spiro atoms. The standard InChI is InChI=1S/C11H19NO4/c1-2-16-11(15)8-4-3-5-9(6-8)12-7-10(13)14/h8-9,12H,2-7H2,1H3,(H,13,14). The summed E-state index contributed by atoms with van der Waals surface area (Å²) >= 11 is 0. The fourth-order valence-corrected chi connectivity index (χ4v) is 2.08. The molecule has 0 aromatic heterocycles. The second-order valence-electron chi connectivity index (χ2n) is 4.09. The van der Waals surface area contributed by atoms with Crippen LogP contribution in [0.2, 0.25) is 0 Å². The summed E-state index contributed by atoms with van der Waals surface area (Å²) in [6.45, 7) is 2.16. The number of carbonyl (C=O) groups excluding carboxylic acids is 1. The van der Waals surface area contributed by atoms with Crippen molar-refractivity contribution in [2.24, 2.45) is 5.92 Å². The van der Waals surface area contributed by atoms with Gasteiger partial charge in [0.25, 0.3) is 0 Å². The Morgan fingerprint density at radius 2 is 2.19 bits per heavy atom. The normalized spacial score (nSPS) is 25.1. The number of hydrogen-bond acceptors (Lipinski definition) is 4. The van der Waals surface area contributed by atoms with Crippen molar-refractivity contribution in [3.05, 3.63) is 0 Å². The number of aliphatic carboxylic acids is 1. The lowest BCUT2D eigenvalue weighted by atomic mass is 9.86. The van der Waals surface area contributed by atoms with Gasteiger partial charge in [-0.05, 0) is 26.2 Å². The average Bonchev–Trinajstić information content (AvgIpc) is 2.27. The molecule has 1 aliphatic carbocycles. The second-order valence-corrected chi connectivity index (χ2v) is 4.09. The van der Waals surface area contributed by atoms with E-state index in [9.17, 15) is 9.59 Å². The first-order chi connectivity index (χ1) is 7.63. The van der Waals surface area contributed by atoms with Crippen molar-refractivity contribution in [3.8, 4) is 0 Å². The van der Waals surface area contributed by atoms with Crippen LogP contribution in [0, 0.1) is 5.92 Å². The van der Waals surface area contributed by atoms with Crippen molar-refractivity contribution in [1.82, 2.24) is 5.32 Å². The van der Waals surface area contributed by atoms with Crippen LogP contribution in [0.3, 0.4) is 0 Å². The Morgan fingerprint density at radius 3 is 2.81 bits per heavy atom. The average molecular weight is 229 g/mol. The van der Waals surface area contributed by atoms with Crippen LogP contribution in [-0.2, 0) is 14.3 Å². The maximum atomic E-state index is 11.5. The fourth-order valence-electron chi connectivity index (χ4n) is 2.08. The summed E-state index contributed by atoms with van der Waals surface area (Å²) in [5, 5.41) is 11.5. The van der Waals surface area contributed by atoms with Gasteiger partial charge in [-0.2, -0.15) is 0 Å². The number of hydrogen-bond donors (Lipinski definition) is 2. The van der Waals surface area contributed by atoms with Crippen LogP contribution in [0.5, 0.6) is 0 Å². The molecule has 1 fully saturated rings. The van der Waals surface area contributed by atoms with Gasteiger partial charge in [-0.15, -0.1) is 0 Å². The molecule has 0 aromatic carbocycles. The van der Waals surface area contributed by atoms with Crippen LogP contribution in [-0.4, -0.2) is 36.2 Å². The number of esters is 1. The lowest BCUT2D eigenvalue weighted by Crippen LogP contribution is -2.39. The molecule has 1 rings (SSSR count). The minimum Gasteiger partial charge on any atom is -0.480 e. The van der Waals surface area contributed by atoms with Gasteiger partial charge in [-0.25, -0.2) is 0 Å². The maximum absolute atomic E-state index is 11.5. The predicted octanol–water partition coefficient (Wildman–Crippen LogP) is 0.782. The number of carboxylic acid groups (broad SMARTS) is 1. The lowest BCUT2D eigenvalue weighted by Gasteiger charge is -2.28. The van der Waals surface area contributed by atoms with E-state index < -0.39 is 5.97 Å². The van der Waals surface area contributed by atoms with E-state index in [2.05, 4.69) is 5.32 Å². The Bertz CT molecular complexity index is 254. The zero-order valence-corrected chi connectivity index (χ0v) is 9.57. The molecule has 0 aliphatic heterocycles. The van der Waals surface area contributed by atoms with E-state index >= 15 is 0 Å². The smallest absolute Gasteiger partial charge is 0.317 e. The third-order valence-electron chi connectivity index (χ3n) is 2.84. The Labute approximate surface area is 95.2 Å². The number of nitrogens with one attached hydrogen (secondary N) is 1. The van der Waals surface area contributed by atoms with Gasteiger partial charge >= 0.3 is 11.9 Å². The third-order valence-corrected chi connectivity index (χ3v) is 2.84. The van der Waals surface area contributed by atoms with Gasteiger partial charge in [0.05, 0.1) is 19.1 Å². The topological polar surface area (TPSA) is 75.6 Å². The molecular formula is C11H19NO4. The Balaban J connectivity index is 2.34. The molecule has 5 heteroatoms. The van der Waals surface area contributed by atoms with Crippen LogP contribution in [0.15, 0.2) is 0 Å². The van der Waals surface area contributed by atoms with E-state index in [-0.39, 0.29) is 24.5 Å². The summed E-state index contributed by atoms with van der Waals surface area (Å²) in [5.74, 6) is -1.08. The summed E-state index contributed by atoms with van der Waals surface area (Å²) < 4.78 is 4.97. The van der Waals surface area contributed by atoms with Crippen LogP contribution in [0.25, 0.3) is 0 Å². The first-order valence-corrected chi connectivity index (χ1v) is 5.75. The van der Waals surface area contributed by atoms with Gasteiger partial charge in [0.2, 0.25) is 0 Å². The van der Waals surface area contributed by atoms with Gasteiger partial charge in [-0.3, -0.25) is 9.59 Å². The summed E-state index contributed by atoms with van der Waals surface area (Å²) in [5.41, 5.74) is 0. The highest BCUT2D eigenvalue weighted by Gasteiger charge is 2.28. The Kier molecular flexibility index (Phi) is 5.25. The molecule has 0 saturated heterocycles. The number of rotatable bonds is 5. The van der Waals surface area contributed by atoms with Gasteiger partial charge in [-0.1, -0.05) is 6.42 Å². The monoisotopic (exact) mass is 229 g/mol. The highest BCUT2D eigenvalue weighted by atomic mass is 16.5. The molecule has 2 N–H and O–H groups in total. The molecule has 0 heterocycles. The van der Waals surface area contributed by atoms with E-state index in [1.54, 1.807) is 6.92 Å². The van der Waals surface area contributed by atoms with Gasteiger partial charge in [0.1, 0.15) is 0 Å². The molecule has 0 radical (unpaired) electrons. The molecule has 0 bridgehead atoms. The van der Waals surface area contributed by atoms with E-state index in [0.29, 0.717) is 13.0 Å². The second kappa shape index (κ2) is 6.48.